The van der Waals surface area contributed by atoms with Gasteiger partial charge in [-0.3, -0.25) is 9.59 Å². The first-order chi connectivity index (χ1) is 20.6. The molecule has 44 heavy (non-hydrogen) atoms. The molecular weight excluding hydrogens is 600 g/mol. The number of rotatable bonds is 17. The standard InChI is InChI=1S/C32H42F4N2O5S/c1-7-41-29(39)31(4,5)20(2)19-32(6,21(3)44)30(40)43-16-11-9-8-10-15-42-22-17-25(35)28(26(36)18-22)38-37-27-23(33)13-12-14-24(27)34/h12-14,17-18,20-21,44H,7-11,15-16,19H2,1-6H3/t20?,21?,32-/m0/s1. The number of halogens is 4. The molecule has 3 atom stereocenters. The smallest absolute Gasteiger partial charge is 0.312 e. The van der Waals surface area contributed by atoms with Gasteiger partial charge in [-0.25, -0.2) is 17.6 Å². The van der Waals surface area contributed by atoms with Gasteiger partial charge in [-0.05, 0) is 77.8 Å². The van der Waals surface area contributed by atoms with Gasteiger partial charge in [0.2, 0.25) is 0 Å². The highest BCUT2D eigenvalue weighted by atomic mass is 32.1. The third-order valence-electron chi connectivity index (χ3n) is 7.87. The molecule has 12 heteroatoms. The molecule has 0 spiro atoms. The summed E-state index contributed by atoms with van der Waals surface area (Å²) in [5, 5.41) is 6.33. The Morgan fingerprint density at radius 2 is 1.34 bits per heavy atom. The zero-order valence-electron chi connectivity index (χ0n) is 26.1. The van der Waals surface area contributed by atoms with Gasteiger partial charge in [-0.2, -0.15) is 12.6 Å². The molecule has 0 aliphatic heterocycles. The van der Waals surface area contributed by atoms with E-state index < -0.39 is 45.5 Å². The van der Waals surface area contributed by atoms with Crippen molar-refractivity contribution in [2.45, 2.75) is 78.9 Å². The lowest BCUT2D eigenvalue weighted by molar-refractivity contribution is -0.162. The maximum Gasteiger partial charge on any atom is 0.312 e. The zero-order chi connectivity index (χ0) is 33.1. The van der Waals surface area contributed by atoms with Crippen LogP contribution in [0.5, 0.6) is 5.75 Å². The number of carbonyl (C=O) groups excluding carboxylic acids is 2. The predicted molar refractivity (Wildman–Crippen MR) is 163 cm³/mol. The van der Waals surface area contributed by atoms with Crippen molar-refractivity contribution in [2.75, 3.05) is 19.8 Å². The molecule has 0 heterocycles. The van der Waals surface area contributed by atoms with E-state index in [4.69, 9.17) is 14.2 Å². The van der Waals surface area contributed by atoms with Crippen LogP contribution < -0.4 is 4.74 Å². The van der Waals surface area contributed by atoms with Gasteiger partial charge in [0.15, 0.2) is 34.6 Å². The van der Waals surface area contributed by atoms with Gasteiger partial charge in [-0.15, -0.1) is 10.2 Å². The monoisotopic (exact) mass is 642 g/mol. The van der Waals surface area contributed by atoms with Crippen molar-refractivity contribution in [3.8, 4) is 5.75 Å². The quantitative estimate of drug-likeness (QED) is 0.0612. The molecule has 244 valence electrons. The fourth-order valence-electron chi connectivity index (χ4n) is 4.32. The Labute approximate surface area is 262 Å². The lowest BCUT2D eigenvalue weighted by atomic mass is 9.69. The van der Waals surface area contributed by atoms with E-state index >= 15 is 0 Å². The summed E-state index contributed by atoms with van der Waals surface area (Å²) in [4.78, 5) is 25.5. The number of unbranched alkanes of at least 4 members (excludes halogenated alkanes) is 3. The maximum absolute atomic E-state index is 14.4. The van der Waals surface area contributed by atoms with Crippen LogP contribution in [0.1, 0.15) is 73.6 Å². The molecule has 2 aromatic rings. The van der Waals surface area contributed by atoms with Gasteiger partial charge < -0.3 is 14.2 Å². The fraction of sp³-hybridized carbons (Fsp3) is 0.562. The Hall–Kier alpha value is -3.15. The molecule has 0 radical (unpaired) electrons. The molecule has 0 N–H and O–H groups in total. The number of ether oxygens (including phenoxy) is 3. The van der Waals surface area contributed by atoms with E-state index in [1.165, 1.54) is 0 Å². The zero-order valence-corrected chi connectivity index (χ0v) is 27.0. The van der Waals surface area contributed by atoms with Crippen LogP contribution in [-0.2, 0) is 19.1 Å². The largest absolute Gasteiger partial charge is 0.493 e. The van der Waals surface area contributed by atoms with E-state index in [-0.39, 0.29) is 48.7 Å². The molecule has 0 aliphatic rings. The van der Waals surface area contributed by atoms with E-state index in [9.17, 15) is 27.2 Å². The van der Waals surface area contributed by atoms with Crippen LogP contribution >= 0.6 is 12.6 Å². The Balaban J connectivity index is 1.79. The molecule has 0 fully saturated rings. The maximum atomic E-state index is 14.4. The molecule has 7 nitrogen and oxygen atoms in total. The van der Waals surface area contributed by atoms with Crippen molar-refractivity contribution in [1.82, 2.24) is 0 Å². The first-order valence-corrected chi connectivity index (χ1v) is 15.2. The molecule has 0 amide bonds. The van der Waals surface area contributed by atoms with Crippen LogP contribution in [0.2, 0.25) is 0 Å². The van der Waals surface area contributed by atoms with Gasteiger partial charge in [0.25, 0.3) is 0 Å². The molecule has 2 aromatic carbocycles. The van der Waals surface area contributed by atoms with E-state index in [0.717, 1.165) is 36.8 Å². The Morgan fingerprint density at radius 1 is 0.818 bits per heavy atom. The second-order valence-electron chi connectivity index (χ2n) is 11.5. The molecule has 0 saturated carbocycles. The van der Waals surface area contributed by atoms with Crippen LogP contribution in [0.25, 0.3) is 0 Å². The van der Waals surface area contributed by atoms with Gasteiger partial charge in [0.1, 0.15) is 5.75 Å². The normalized spacial score (nSPS) is 14.6. The summed E-state index contributed by atoms with van der Waals surface area (Å²) in [6, 6.07) is 4.87. The average Bonchev–Trinajstić information content (AvgIpc) is 2.94. The van der Waals surface area contributed by atoms with E-state index in [2.05, 4.69) is 22.9 Å². The Bertz CT molecular complexity index is 1260. The van der Waals surface area contributed by atoms with Gasteiger partial charge >= 0.3 is 11.9 Å². The summed E-state index contributed by atoms with van der Waals surface area (Å²) in [5.41, 5.74) is -3.24. The number of nitrogens with zero attached hydrogens (tertiary/aromatic N) is 2. The molecule has 0 aromatic heterocycles. The van der Waals surface area contributed by atoms with E-state index in [1.807, 2.05) is 27.7 Å². The van der Waals surface area contributed by atoms with Crippen LogP contribution in [-0.4, -0.2) is 37.0 Å². The van der Waals surface area contributed by atoms with Gasteiger partial charge in [0.05, 0.1) is 30.7 Å². The molecule has 2 unspecified atom stereocenters. The van der Waals surface area contributed by atoms with Crippen molar-refractivity contribution >= 4 is 35.9 Å². The molecule has 0 bridgehead atoms. The van der Waals surface area contributed by atoms with Crippen molar-refractivity contribution in [3.05, 3.63) is 53.6 Å². The number of hydrogen-bond acceptors (Lipinski definition) is 8. The lowest BCUT2D eigenvalue weighted by Gasteiger charge is -2.38. The molecular formula is C32H42F4N2O5S. The number of carbonyl (C=O) groups is 2. The van der Waals surface area contributed by atoms with Crippen LogP contribution in [0, 0.1) is 40.0 Å². The minimum atomic E-state index is -1.09. The highest BCUT2D eigenvalue weighted by Gasteiger charge is 2.45. The topological polar surface area (TPSA) is 86.6 Å². The summed E-state index contributed by atoms with van der Waals surface area (Å²) in [6.45, 7) is 11.6. The second kappa shape index (κ2) is 16.8. The first-order valence-electron chi connectivity index (χ1n) is 14.6. The average molecular weight is 643 g/mol. The lowest BCUT2D eigenvalue weighted by Crippen LogP contribution is -2.43. The van der Waals surface area contributed by atoms with Crippen LogP contribution in [0.15, 0.2) is 40.6 Å². The number of azo groups is 1. The number of benzene rings is 2. The van der Waals surface area contributed by atoms with E-state index in [1.54, 1.807) is 13.8 Å². The number of esters is 2. The molecule has 0 aliphatic carbocycles. The van der Waals surface area contributed by atoms with E-state index in [0.29, 0.717) is 25.7 Å². The number of thiol groups is 1. The Morgan fingerprint density at radius 3 is 1.86 bits per heavy atom. The van der Waals surface area contributed by atoms with Crippen molar-refractivity contribution < 1.29 is 41.4 Å². The van der Waals surface area contributed by atoms with Crippen LogP contribution in [0.4, 0.5) is 28.9 Å². The summed E-state index contributed by atoms with van der Waals surface area (Å²) in [7, 11) is 0. The highest BCUT2D eigenvalue weighted by Crippen LogP contribution is 2.41. The Kier molecular flexibility index (Phi) is 14.1. The van der Waals surface area contributed by atoms with Gasteiger partial charge in [0, 0.05) is 17.4 Å². The molecule has 2 rings (SSSR count). The van der Waals surface area contributed by atoms with Crippen molar-refractivity contribution in [2.24, 2.45) is 27.0 Å². The highest BCUT2D eigenvalue weighted by molar-refractivity contribution is 7.81. The SMILES string of the molecule is CCOC(=O)C(C)(C)C(C)C[C@](C)(C(=O)OCCCCCCOc1cc(F)c(N=Nc2c(F)cccc2F)c(F)c1)C(C)S. The summed E-state index contributed by atoms with van der Waals surface area (Å²) in [5.74, 6) is -5.13. The summed E-state index contributed by atoms with van der Waals surface area (Å²) >= 11 is 4.55. The minimum absolute atomic E-state index is 0.0644. The third kappa shape index (κ3) is 9.93. The van der Waals surface area contributed by atoms with Crippen molar-refractivity contribution in [1.29, 1.82) is 0 Å². The molecule has 0 saturated heterocycles. The number of hydrogen-bond donors (Lipinski definition) is 1. The summed E-state index contributed by atoms with van der Waals surface area (Å²) in [6.07, 6.45) is 3.03. The minimum Gasteiger partial charge on any atom is -0.493 e. The van der Waals surface area contributed by atoms with Gasteiger partial charge in [-0.1, -0.05) is 19.9 Å². The van der Waals surface area contributed by atoms with Crippen LogP contribution in [0.3, 0.4) is 0 Å². The second-order valence-corrected chi connectivity index (χ2v) is 12.3. The summed E-state index contributed by atoms with van der Waals surface area (Å²) < 4.78 is 72.4. The fourth-order valence-corrected chi connectivity index (χ4v) is 4.53. The third-order valence-corrected chi connectivity index (χ3v) is 8.44. The first kappa shape index (κ1) is 37.0. The van der Waals surface area contributed by atoms with Crippen molar-refractivity contribution in [3.63, 3.8) is 0 Å². The predicted octanol–water partition coefficient (Wildman–Crippen LogP) is 9.08.